The van der Waals surface area contributed by atoms with Crippen LogP contribution in [0.15, 0.2) is 53.5 Å². The molecule has 0 spiro atoms. The standard InChI is InChI=1S/C17H15ClFN3O/c1-21(9-12-4-2-3-5-15(12)19)11-14-8-17(23)22-10-13(18)6-7-16(22)20-14/h2-8,10H,9,11H2,1H3. The molecule has 2 heterocycles. The largest absolute Gasteiger partial charge is 0.296 e. The lowest BCUT2D eigenvalue weighted by Crippen LogP contribution is -2.22. The molecule has 0 aliphatic heterocycles. The fraction of sp³-hybridized carbons (Fsp3) is 0.176. The van der Waals surface area contributed by atoms with E-state index in [1.807, 2.05) is 11.9 Å². The number of benzene rings is 1. The molecule has 23 heavy (non-hydrogen) atoms. The third-order valence-corrected chi connectivity index (χ3v) is 3.73. The average Bonchev–Trinajstić information content (AvgIpc) is 2.50. The van der Waals surface area contributed by atoms with E-state index in [1.54, 1.807) is 36.5 Å². The first-order chi connectivity index (χ1) is 11.0. The molecular formula is C17H15ClFN3O. The van der Waals surface area contributed by atoms with E-state index in [-0.39, 0.29) is 11.4 Å². The van der Waals surface area contributed by atoms with Crippen molar-refractivity contribution in [1.82, 2.24) is 14.3 Å². The van der Waals surface area contributed by atoms with E-state index in [2.05, 4.69) is 4.98 Å². The van der Waals surface area contributed by atoms with Gasteiger partial charge in [-0.1, -0.05) is 29.8 Å². The molecule has 2 aromatic heterocycles. The number of halogens is 2. The van der Waals surface area contributed by atoms with Crippen LogP contribution < -0.4 is 5.56 Å². The molecule has 0 saturated carbocycles. The minimum Gasteiger partial charge on any atom is -0.296 e. The molecule has 0 aliphatic carbocycles. The number of aromatic nitrogens is 2. The summed E-state index contributed by atoms with van der Waals surface area (Å²) in [4.78, 5) is 18.5. The molecule has 1 aromatic carbocycles. The first kappa shape index (κ1) is 15.6. The van der Waals surface area contributed by atoms with Gasteiger partial charge in [0.05, 0.1) is 10.7 Å². The van der Waals surface area contributed by atoms with Gasteiger partial charge in [0.15, 0.2) is 0 Å². The molecule has 0 amide bonds. The zero-order valence-corrected chi connectivity index (χ0v) is 13.3. The van der Waals surface area contributed by atoms with Crippen LogP contribution in [0.2, 0.25) is 5.02 Å². The first-order valence-electron chi connectivity index (χ1n) is 7.13. The van der Waals surface area contributed by atoms with Crippen LogP contribution in [-0.4, -0.2) is 21.3 Å². The lowest BCUT2D eigenvalue weighted by atomic mass is 10.2. The van der Waals surface area contributed by atoms with E-state index in [9.17, 15) is 9.18 Å². The Bertz CT molecular complexity index is 910. The van der Waals surface area contributed by atoms with Crippen molar-refractivity contribution in [2.75, 3.05) is 7.05 Å². The Labute approximate surface area is 137 Å². The van der Waals surface area contributed by atoms with Gasteiger partial charge in [-0.15, -0.1) is 0 Å². The highest BCUT2D eigenvalue weighted by Gasteiger charge is 2.08. The molecule has 0 unspecified atom stereocenters. The molecule has 0 bridgehead atoms. The molecule has 0 aliphatic rings. The van der Waals surface area contributed by atoms with Gasteiger partial charge in [-0.3, -0.25) is 14.1 Å². The summed E-state index contributed by atoms with van der Waals surface area (Å²) in [7, 11) is 1.86. The van der Waals surface area contributed by atoms with E-state index in [1.165, 1.54) is 16.5 Å². The Hall–Kier alpha value is -2.24. The lowest BCUT2D eigenvalue weighted by Gasteiger charge is -2.16. The summed E-state index contributed by atoms with van der Waals surface area (Å²) in [6.07, 6.45) is 1.54. The van der Waals surface area contributed by atoms with Crippen molar-refractivity contribution in [3.63, 3.8) is 0 Å². The number of hydrogen-bond donors (Lipinski definition) is 0. The van der Waals surface area contributed by atoms with Crippen LogP contribution in [0, 0.1) is 5.82 Å². The fourth-order valence-electron chi connectivity index (χ4n) is 2.46. The van der Waals surface area contributed by atoms with Crippen LogP contribution in [0.3, 0.4) is 0 Å². The van der Waals surface area contributed by atoms with Gasteiger partial charge in [-0.25, -0.2) is 9.37 Å². The summed E-state index contributed by atoms with van der Waals surface area (Å²) < 4.78 is 15.1. The van der Waals surface area contributed by atoms with Gasteiger partial charge < -0.3 is 0 Å². The predicted octanol–water partition coefficient (Wildman–Crippen LogP) is 3.12. The first-order valence-corrected chi connectivity index (χ1v) is 7.50. The average molecular weight is 332 g/mol. The van der Waals surface area contributed by atoms with E-state index in [0.29, 0.717) is 35.0 Å². The summed E-state index contributed by atoms with van der Waals surface area (Å²) >= 11 is 5.89. The van der Waals surface area contributed by atoms with Crippen LogP contribution in [0.1, 0.15) is 11.3 Å². The zero-order valence-electron chi connectivity index (χ0n) is 12.5. The van der Waals surface area contributed by atoms with Crippen molar-refractivity contribution in [2.24, 2.45) is 0 Å². The van der Waals surface area contributed by atoms with Crippen LogP contribution in [0.25, 0.3) is 5.65 Å². The van der Waals surface area contributed by atoms with E-state index in [0.717, 1.165) is 0 Å². The number of fused-ring (bicyclic) bond motifs is 1. The second-order valence-corrected chi connectivity index (χ2v) is 5.86. The van der Waals surface area contributed by atoms with Crippen LogP contribution in [0.5, 0.6) is 0 Å². The lowest BCUT2D eigenvalue weighted by molar-refractivity contribution is 0.310. The summed E-state index contributed by atoms with van der Waals surface area (Å²) in [6.45, 7) is 0.886. The van der Waals surface area contributed by atoms with E-state index >= 15 is 0 Å². The molecule has 3 rings (SSSR count). The second-order valence-electron chi connectivity index (χ2n) is 5.42. The smallest absolute Gasteiger partial charge is 0.258 e. The summed E-state index contributed by atoms with van der Waals surface area (Å²) in [5.74, 6) is -0.236. The van der Waals surface area contributed by atoms with Gasteiger partial charge in [0.1, 0.15) is 11.5 Å². The third kappa shape index (κ3) is 3.57. The maximum absolute atomic E-state index is 13.7. The second kappa shape index (κ2) is 6.48. The van der Waals surface area contributed by atoms with Gasteiger partial charge in [0, 0.05) is 30.9 Å². The normalized spacial score (nSPS) is 11.3. The van der Waals surface area contributed by atoms with E-state index in [4.69, 9.17) is 11.6 Å². The SMILES string of the molecule is CN(Cc1cc(=O)n2cc(Cl)ccc2n1)Cc1ccccc1F. The third-order valence-electron chi connectivity index (χ3n) is 3.51. The zero-order chi connectivity index (χ0) is 16.4. The van der Waals surface area contributed by atoms with E-state index < -0.39 is 0 Å². The topological polar surface area (TPSA) is 37.6 Å². The molecule has 0 radical (unpaired) electrons. The van der Waals surface area contributed by atoms with Gasteiger partial charge in [-0.05, 0) is 25.2 Å². The number of nitrogens with zero attached hydrogens (tertiary/aromatic N) is 3. The van der Waals surface area contributed by atoms with Crippen LogP contribution in [0.4, 0.5) is 4.39 Å². The molecule has 4 nitrogen and oxygen atoms in total. The van der Waals surface area contributed by atoms with Crippen molar-refractivity contribution < 1.29 is 4.39 Å². The van der Waals surface area contributed by atoms with Gasteiger partial charge in [0.2, 0.25) is 0 Å². The van der Waals surface area contributed by atoms with Gasteiger partial charge >= 0.3 is 0 Å². The number of pyridine rings is 1. The maximum atomic E-state index is 13.7. The van der Waals surface area contributed by atoms with Gasteiger partial charge in [-0.2, -0.15) is 0 Å². The minimum atomic E-state index is -0.236. The number of rotatable bonds is 4. The highest BCUT2D eigenvalue weighted by Crippen LogP contribution is 2.12. The summed E-state index contributed by atoms with van der Waals surface area (Å²) in [5.41, 5.74) is 1.60. The Morgan fingerprint density at radius 1 is 1.22 bits per heavy atom. The highest BCUT2D eigenvalue weighted by atomic mass is 35.5. The quantitative estimate of drug-likeness (QED) is 0.737. The van der Waals surface area contributed by atoms with Crippen LogP contribution in [-0.2, 0) is 13.1 Å². The van der Waals surface area contributed by atoms with Crippen LogP contribution >= 0.6 is 11.6 Å². The molecular weight excluding hydrogens is 317 g/mol. The van der Waals surface area contributed by atoms with Crippen molar-refractivity contribution >= 4 is 17.2 Å². The van der Waals surface area contributed by atoms with Crippen molar-refractivity contribution in [2.45, 2.75) is 13.1 Å². The Morgan fingerprint density at radius 2 is 2.00 bits per heavy atom. The number of hydrogen-bond acceptors (Lipinski definition) is 3. The van der Waals surface area contributed by atoms with Crippen molar-refractivity contribution in [1.29, 1.82) is 0 Å². The highest BCUT2D eigenvalue weighted by molar-refractivity contribution is 6.30. The molecule has 0 N–H and O–H groups in total. The Morgan fingerprint density at radius 3 is 2.78 bits per heavy atom. The molecule has 0 atom stereocenters. The predicted molar refractivity (Wildman–Crippen MR) is 88.0 cm³/mol. The fourth-order valence-corrected chi connectivity index (χ4v) is 2.62. The van der Waals surface area contributed by atoms with Gasteiger partial charge in [0.25, 0.3) is 5.56 Å². The minimum absolute atomic E-state index is 0.188. The summed E-state index contributed by atoms with van der Waals surface area (Å²) in [6, 6.07) is 11.5. The molecule has 118 valence electrons. The maximum Gasteiger partial charge on any atom is 0.258 e. The molecule has 6 heteroatoms. The summed E-state index contributed by atoms with van der Waals surface area (Å²) in [5, 5.41) is 0.478. The van der Waals surface area contributed by atoms with Crippen molar-refractivity contribution in [3.8, 4) is 0 Å². The molecule has 3 aromatic rings. The Kier molecular flexibility index (Phi) is 4.41. The Balaban J connectivity index is 1.82. The molecule has 0 fully saturated rings. The molecule has 0 saturated heterocycles. The monoisotopic (exact) mass is 331 g/mol. The van der Waals surface area contributed by atoms with Crippen molar-refractivity contribution in [3.05, 3.63) is 81.1 Å².